The Labute approximate surface area is 133 Å². The van der Waals surface area contributed by atoms with Crippen LogP contribution in [0.15, 0.2) is 27.9 Å². The molecule has 0 radical (unpaired) electrons. The van der Waals surface area contributed by atoms with Gasteiger partial charge in [0.15, 0.2) is 0 Å². The summed E-state index contributed by atoms with van der Waals surface area (Å²) in [6, 6.07) is 3.94. The van der Waals surface area contributed by atoms with Crippen molar-refractivity contribution in [3.8, 4) is 0 Å². The minimum absolute atomic E-state index is 0.0601. The summed E-state index contributed by atoms with van der Waals surface area (Å²) in [5.41, 5.74) is 0.970. The number of hydrogen-bond donors (Lipinski definition) is 2. The molecule has 8 nitrogen and oxygen atoms in total. The third-order valence-electron chi connectivity index (χ3n) is 4.19. The fourth-order valence-electron chi connectivity index (χ4n) is 2.78. The summed E-state index contributed by atoms with van der Waals surface area (Å²) in [7, 11) is -0.566. The topological polar surface area (TPSA) is 103 Å². The average molecular weight is 341 g/mol. The minimum atomic E-state index is -3.79. The summed E-state index contributed by atoms with van der Waals surface area (Å²) in [5.74, 6) is 0. The molecular formula is C14H19N3O5S. The molecule has 0 aliphatic carbocycles. The van der Waals surface area contributed by atoms with Gasteiger partial charge in [0.05, 0.1) is 34.7 Å². The lowest BCUT2D eigenvalue weighted by Crippen LogP contribution is -2.48. The highest BCUT2D eigenvalue weighted by Gasteiger charge is 2.29. The van der Waals surface area contributed by atoms with E-state index in [4.69, 9.17) is 4.74 Å². The molecule has 1 fully saturated rings. The molecule has 3 rings (SSSR count). The first-order valence-corrected chi connectivity index (χ1v) is 8.73. The smallest absolute Gasteiger partial charge is 0.328 e. The monoisotopic (exact) mass is 341 g/mol. The molecule has 0 saturated carbocycles. The number of aromatic nitrogens is 2. The van der Waals surface area contributed by atoms with Gasteiger partial charge in [-0.25, -0.2) is 17.9 Å². The standard InChI is InChI=1S/C14H19N3O5S/c1-16-11-4-3-9(7-12(11)17(2)14(16)19)23(20,21)15-10-5-6-22-8-13(10)18/h3-4,7,10,13,15,18H,5-6,8H2,1-2H3/t10-,13-/m1/s1. The molecular weight excluding hydrogens is 322 g/mol. The van der Waals surface area contributed by atoms with Crippen molar-refractivity contribution < 1.29 is 18.3 Å². The molecule has 9 heteroatoms. The molecule has 1 aliphatic rings. The Morgan fingerprint density at radius 2 is 1.96 bits per heavy atom. The van der Waals surface area contributed by atoms with Crippen LogP contribution in [0.5, 0.6) is 0 Å². The highest BCUT2D eigenvalue weighted by atomic mass is 32.2. The van der Waals surface area contributed by atoms with E-state index in [1.54, 1.807) is 20.2 Å². The van der Waals surface area contributed by atoms with Gasteiger partial charge >= 0.3 is 5.69 Å². The lowest BCUT2D eigenvalue weighted by molar-refractivity contribution is -0.0222. The van der Waals surface area contributed by atoms with Crippen molar-refractivity contribution in [2.45, 2.75) is 23.5 Å². The Bertz CT molecular complexity index is 899. The minimum Gasteiger partial charge on any atom is -0.389 e. The molecule has 1 aliphatic heterocycles. The molecule has 1 saturated heterocycles. The lowest BCUT2D eigenvalue weighted by atomic mass is 10.1. The second-order valence-electron chi connectivity index (χ2n) is 5.71. The van der Waals surface area contributed by atoms with Crippen molar-refractivity contribution in [1.82, 2.24) is 13.9 Å². The fraction of sp³-hybridized carbons (Fsp3) is 0.500. The van der Waals surface area contributed by atoms with Crippen LogP contribution >= 0.6 is 0 Å². The van der Waals surface area contributed by atoms with Crippen LogP contribution in [-0.2, 0) is 28.9 Å². The maximum absolute atomic E-state index is 12.5. The van der Waals surface area contributed by atoms with E-state index in [9.17, 15) is 18.3 Å². The molecule has 0 unspecified atom stereocenters. The zero-order valence-electron chi connectivity index (χ0n) is 12.9. The van der Waals surface area contributed by atoms with Gasteiger partial charge in [0.25, 0.3) is 0 Å². The van der Waals surface area contributed by atoms with Crippen LogP contribution in [0.4, 0.5) is 0 Å². The summed E-state index contributed by atoms with van der Waals surface area (Å²) in [6.45, 7) is 0.510. The fourth-order valence-corrected chi connectivity index (χ4v) is 4.11. The molecule has 0 bridgehead atoms. The number of fused-ring (bicyclic) bond motifs is 1. The summed E-state index contributed by atoms with van der Waals surface area (Å²) in [4.78, 5) is 12.0. The number of aliphatic hydroxyl groups excluding tert-OH is 1. The third kappa shape index (κ3) is 2.80. The Morgan fingerprint density at radius 3 is 2.65 bits per heavy atom. The van der Waals surface area contributed by atoms with Gasteiger partial charge in [-0.15, -0.1) is 0 Å². The Hall–Kier alpha value is -1.68. The maximum Gasteiger partial charge on any atom is 0.328 e. The Morgan fingerprint density at radius 1 is 1.26 bits per heavy atom. The van der Waals surface area contributed by atoms with Crippen molar-refractivity contribution in [3.63, 3.8) is 0 Å². The Kier molecular flexibility index (Phi) is 4.05. The maximum atomic E-state index is 12.5. The molecule has 0 spiro atoms. The Balaban J connectivity index is 1.98. The summed E-state index contributed by atoms with van der Waals surface area (Å²) < 4.78 is 35.5. The summed E-state index contributed by atoms with van der Waals surface area (Å²) >= 11 is 0. The number of rotatable bonds is 3. The van der Waals surface area contributed by atoms with E-state index >= 15 is 0 Å². The predicted molar refractivity (Wildman–Crippen MR) is 83.7 cm³/mol. The molecule has 2 heterocycles. The first-order chi connectivity index (χ1) is 10.8. The predicted octanol–water partition coefficient (Wildman–Crippen LogP) is -0.695. The quantitative estimate of drug-likeness (QED) is 0.769. The van der Waals surface area contributed by atoms with Crippen LogP contribution in [0.25, 0.3) is 11.0 Å². The number of sulfonamides is 1. The summed E-state index contributed by atoms with van der Waals surface area (Å²) in [5, 5.41) is 9.83. The highest BCUT2D eigenvalue weighted by molar-refractivity contribution is 7.89. The molecule has 1 aromatic heterocycles. The van der Waals surface area contributed by atoms with Gasteiger partial charge in [-0.3, -0.25) is 9.13 Å². The van der Waals surface area contributed by atoms with Gasteiger partial charge in [0, 0.05) is 20.7 Å². The number of aryl methyl sites for hydroxylation is 2. The zero-order chi connectivity index (χ0) is 16.8. The third-order valence-corrected chi connectivity index (χ3v) is 5.67. The number of benzene rings is 1. The molecule has 23 heavy (non-hydrogen) atoms. The molecule has 126 valence electrons. The van der Waals surface area contributed by atoms with Crippen molar-refractivity contribution in [2.24, 2.45) is 14.1 Å². The second-order valence-corrected chi connectivity index (χ2v) is 7.42. The molecule has 2 aromatic rings. The van der Waals surface area contributed by atoms with Crippen LogP contribution < -0.4 is 10.4 Å². The van der Waals surface area contributed by atoms with Gasteiger partial charge in [-0.05, 0) is 24.6 Å². The second kappa shape index (κ2) is 5.75. The normalized spacial score (nSPS) is 22.6. The van der Waals surface area contributed by atoms with Crippen LogP contribution in [0.2, 0.25) is 0 Å². The van der Waals surface area contributed by atoms with Crippen LogP contribution in [0.1, 0.15) is 6.42 Å². The summed E-state index contributed by atoms with van der Waals surface area (Å²) in [6.07, 6.45) is -0.463. The van der Waals surface area contributed by atoms with Crippen LogP contribution in [0.3, 0.4) is 0 Å². The number of aliphatic hydroxyl groups is 1. The van der Waals surface area contributed by atoms with Crippen LogP contribution in [-0.4, -0.2) is 48.0 Å². The van der Waals surface area contributed by atoms with Crippen molar-refractivity contribution >= 4 is 21.1 Å². The van der Waals surface area contributed by atoms with E-state index in [-0.39, 0.29) is 17.2 Å². The van der Waals surface area contributed by atoms with Gasteiger partial charge in [-0.1, -0.05) is 0 Å². The van der Waals surface area contributed by atoms with Crippen molar-refractivity contribution in [1.29, 1.82) is 0 Å². The van der Waals surface area contributed by atoms with Crippen molar-refractivity contribution in [2.75, 3.05) is 13.2 Å². The van der Waals surface area contributed by atoms with E-state index in [1.807, 2.05) is 0 Å². The average Bonchev–Trinajstić information content (AvgIpc) is 2.74. The number of imidazole rings is 1. The number of hydrogen-bond acceptors (Lipinski definition) is 5. The molecule has 1 aromatic carbocycles. The van der Waals surface area contributed by atoms with Gasteiger partial charge in [-0.2, -0.15) is 0 Å². The highest BCUT2D eigenvalue weighted by Crippen LogP contribution is 2.19. The lowest BCUT2D eigenvalue weighted by Gasteiger charge is -2.28. The first kappa shape index (κ1) is 16.2. The van der Waals surface area contributed by atoms with E-state index < -0.39 is 22.2 Å². The van der Waals surface area contributed by atoms with E-state index in [0.29, 0.717) is 24.1 Å². The van der Waals surface area contributed by atoms with E-state index in [0.717, 1.165) is 0 Å². The van der Waals surface area contributed by atoms with Gasteiger partial charge in [0.1, 0.15) is 0 Å². The number of nitrogens with zero attached hydrogens (tertiary/aromatic N) is 2. The van der Waals surface area contributed by atoms with E-state index in [1.165, 1.54) is 21.3 Å². The molecule has 2 N–H and O–H groups in total. The van der Waals surface area contributed by atoms with E-state index in [2.05, 4.69) is 4.72 Å². The van der Waals surface area contributed by atoms with Gasteiger partial charge in [0.2, 0.25) is 10.0 Å². The molecule has 2 atom stereocenters. The number of ether oxygens (including phenoxy) is 1. The first-order valence-electron chi connectivity index (χ1n) is 7.25. The van der Waals surface area contributed by atoms with Gasteiger partial charge < -0.3 is 9.84 Å². The SMILES string of the molecule is Cn1c(=O)n(C)c2cc(S(=O)(=O)N[C@@H]3CCOC[C@H]3O)ccc21. The van der Waals surface area contributed by atoms with Crippen LogP contribution in [0, 0.1) is 0 Å². The van der Waals surface area contributed by atoms with Crippen molar-refractivity contribution in [3.05, 3.63) is 28.7 Å². The largest absolute Gasteiger partial charge is 0.389 e. The molecule has 0 amide bonds. The number of nitrogens with one attached hydrogen (secondary N) is 1. The zero-order valence-corrected chi connectivity index (χ0v) is 13.7.